The first-order valence-corrected chi connectivity index (χ1v) is 5.84. The highest BCUT2D eigenvalue weighted by Crippen LogP contribution is 2.36. The van der Waals surface area contributed by atoms with Gasteiger partial charge in [0.15, 0.2) is 11.5 Å². The van der Waals surface area contributed by atoms with Gasteiger partial charge in [-0.2, -0.15) is 5.10 Å². The summed E-state index contributed by atoms with van der Waals surface area (Å²) in [7, 11) is 5.04. The van der Waals surface area contributed by atoms with Crippen LogP contribution in [0.15, 0.2) is 18.3 Å². The van der Waals surface area contributed by atoms with Crippen molar-refractivity contribution in [3.05, 3.63) is 24.0 Å². The van der Waals surface area contributed by atoms with Crippen LogP contribution >= 0.6 is 0 Å². The van der Waals surface area contributed by atoms with Gasteiger partial charge in [0, 0.05) is 25.4 Å². The van der Waals surface area contributed by atoms with Gasteiger partial charge in [-0.15, -0.1) is 0 Å². The molecule has 2 rings (SSSR count). The maximum absolute atomic E-state index is 6.00. The van der Waals surface area contributed by atoms with Gasteiger partial charge in [0.1, 0.15) is 0 Å². The lowest BCUT2D eigenvalue weighted by Crippen LogP contribution is -1.99. The average Bonchev–Trinajstić information content (AvgIpc) is 2.69. The van der Waals surface area contributed by atoms with E-state index < -0.39 is 0 Å². The van der Waals surface area contributed by atoms with E-state index in [1.807, 2.05) is 20.2 Å². The molecule has 0 atom stereocenters. The third-order valence-electron chi connectivity index (χ3n) is 2.84. The van der Waals surface area contributed by atoms with Gasteiger partial charge < -0.3 is 20.5 Å². The molecule has 6 heteroatoms. The summed E-state index contributed by atoms with van der Waals surface area (Å²) in [5.74, 6) is 1.23. The number of anilines is 3. The number of nitrogen functional groups attached to an aromatic ring is 1. The number of aromatic nitrogens is 2. The summed E-state index contributed by atoms with van der Waals surface area (Å²) in [5.41, 5.74) is 9.15. The minimum atomic E-state index is 0.584. The predicted octanol–water partition coefficient (Wildman–Crippen LogP) is 2.07. The number of benzene rings is 1. The van der Waals surface area contributed by atoms with E-state index in [0.29, 0.717) is 17.2 Å². The standard InChI is InChI=1S/C13H18N4O2/c1-8-11(7-17(2)16-8)15-10-6-13(19-4)12(18-3)5-9(10)14/h5-7,15H,14H2,1-4H3. The lowest BCUT2D eigenvalue weighted by molar-refractivity contribution is 0.355. The van der Waals surface area contributed by atoms with E-state index in [0.717, 1.165) is 17.1 Å². The van der Waals surface area contributed by atoms with Gasteiger partial charge in [-0.05, 0) is 6.92 Å². The van der Waals surface area contributed by atoms with Crippen LogP contribution < -0.4 is 20.5 Å². The zero-order valence-corrected chi connectivity index (χ0v) is 11.5. The van der Waals surface area contributed by atoms with Crippen molar-refractivity contribution in [2.75, 3.05) is 25.3 Å². The molecule has 2 aromatic rings. The molecule has 19 heavy (non-hydrogen) atoms. The molecule has 1 aromatic heterocycles. The third-order valence-corrected chi connectivity index (χ3v) is 2.84. The van der Waals surface area contributed by atoms with Gasteiger partial charge in [0.05, 0.1) is 37.0 Å². The molecule has 3 N–H and O–H groups in total. The SMILES string of the molecule is COc1cc(N)c(Nc2cn(C)nc2C)cc1OC. The fraction of sp³-hybridized carbons (Fsp3) is 0.308. The number of rotatable bonds is 4. The summed E-state index contributed by atoms with van der Waals surface area (Å²) in [5, 5.41) is 7.51. The highest BCUT2D eigenvalue weighted by Gasteiger charge is 2.11. The Morgan fingerprint density at radius 1 is 1.16 bits per heavy atom. The maximum atomic E-state index is 6.00. The van der Waals surface area contributed by atoms with Crippen molar-refractivity contribution in [1.29, 1.82) is 0 Å². The van der Waals surface area contributed by atoms with Crippen LogP contribution in [0.25, 0.3) is 0 Å². The quantitative estimate of drug-likeness (QED) is 0.825. The normalized spacial score (nSPS) is 10.3. The molecular formula is C13H18N4O2. The molecule has 0 amide bonds. The van der Waals surface area contributed by atoms with E-state index in [1.54, 1.807) is 31.0 Å². The molecule has 0 aliphatic rings. The molecule has 0 radical (unpaired) electrons. The van der Waals surface area contributed by atoms with Crippen molar-refractivity contribution in [3.8, 4) is 11.5 Å². The third kappa shape index (κ3) is 2.57. The van der Waals surface area contributed by atoms with Crippen LogP contribution in [0.2, 0.25) is 0 Å². The largest absolute Gasteiger partial charge is 0.493 e. The van der Waals surface area contributed by atoms with E-state index >= 15 is 0 Å². The van der Waals surface area contributed by atoms with E-state index in [4.69, 9.17) is 15.2 Å². The number of nitrogens with one attached hydrogen (secondary N) is 1. The summed E-state index contributed by atoms with van der Waals surface area (Å²) < 4.78 is 12.2. The molecule has 102 valence electrons. The number of nitrogens with zero attached hydrogens (tertiary/aromatic N) is 2. The Kier molecular flexibility index (Phi) is 3.50. The minimum absolute atomic E-state index is 0.584. The topological polar surface area (TPSA) is 74.3 Å². The highest BCUT2D eigenvalue weighted by atomic mass is 16.5. The second-order valence-electron chi connectivity index (χ2n) is 4.22. The molecular weight excluding hydrogens is 244 g/mol. The fourth-order valence-corrected chi connectivity index (χ4v) is 1.87. The number of hydrogen-bond donors (Lipinski definition) is 2. The van der Waals surface area contributed by atoms with E-state index in [2.05, 4.69) is 10.4 Å². The second-order valence-corrected chi connectivity index (χ2v) is 4.22. The van der Waals surface area contributed by atoms with Crippen molar-refractivity contribution in [2.24, 2.45) is 7.05 Å². The van der Waals surface area contributed by atoms with Crippen LogP contribution in [0.1, 0.15) is 5.69 Å². The average molecular weight is 262 g/mol. The first-order chi connectivity index (χ1) is 9.05. The molecule has 6 nitrogen and oxygen atoms in total. The van der Waals surface area contributed by atoms with Crippen LogP contribution in [0.3, 0.4) is 0 Å². The van der Waals surface area contributed by atoms with Crippen molar-refractivity contribution in [1.82, 2.24) is 9.78 Å². The molecule has 0 saturated carbocycles. The molecule has 1 aromatic carbocycles. The molecule has 0 aliphatic carbocycles. The Hall–Kier alpha value is -2.37. The smallest absolute Gasteiger partial charge is 0.162 e. The van der Waals surface area contributed by atoms with Gasteiger partial charge in [-0.3, -0.25) is 4.68 Å². The number of ether oxygens (including phenoxy) is 2. The highest BCUT2D eigenvalue weighted by molar-refractivity contribution is 5.77. The lowest BCUT2D eigenvalue weighted by Gasteiger charge is -2.13. The summed E-state index contributed by atoms with van der Waals surface area (Å²) in [4.78, 5) is 0. The van der Waals surface area contributed by atoms with Crippen molar-refractivity contribution in [2.45, 2.75) is 6.92 Å². The predicted molar refractivity (Wildman–Crippen MR) is 75.2 cm³/mol. The fourth-order valence-electron chi connectivity index (χ4n) is 1.87. The number of nitrogens with two attached hydrogens (primary N) is 1. The first-order valence-electron chi connectivity index (χ1n) is 5.84. The van der Waals surface area contributed by atoms with E-state index in [9.17, 15) is 0 Å². The summed E-state index contributed by atoms with van der Waals surface area (Å²) in [6.45, 7) is 1.93. The zero-order valence-electron chi connectivity index (χ0n) is 11.5. The Labute approximate surface area is 112 Å². The maximum Gasteiger partial charge on any atom is 0.162 e. The molecule has 0 unspecified atom stereocenters. The molecule has 0 bridgehead atoms. The molecule has 0 fully saturated rings. The molecule has 0 spiro atoms. The Bertz CT molecular complexity index is 593. The number of aryl methyl sites for hydroxylation is 2. The summed E-state index contributed by atoms with van der Waals surface area (Å²) in [6, 6.07) is 3.54. The summed E-state index contributed by atoms with van der Waals surface area (Å²) in [6.07, 6.45) is 1.89. The van der Waals surface area contributed by atoms with Crippen LogP contribution in [-0.4, -0.2) is 24.0 Å². The minimum Gasteiger partial charge on any atom is -0.493 e. The second kappa shape index (κ2) is 5.09. The Morgan fingerprint density at radius 2 is 1.79 bits per heavy atom. The number of hydrogen-bond acceptors (Lipinski definition) is 5. The van der Waals surface area contributed by atoms with Crippen LogP contribution in [0.4, 0.5) is 17.1 Å². The zero-order chi connectivity index (χ0) is 14.0. The van der Waals surface area contributed by atoms with E-state index in [1.165, 1.54) is 0 Å². The van der Waals surface area contributed by atoms with Gasteiger partial charge in [-0.25, -0.2) is 0 Å². The molecule has 0 saturated heterocycles. The summed E-state index contributed by atoms with van der Waals surface area (Å²) >= 11 is 0. The monoisotopic (exact) mass is 262 g/mol. The van der Waals surface area contributed by atoms with Crippen LogP contribution in [-0.2, 0) is 7.05 Å². The van der Waals surface area contributed by atoms with Crippen molar-refractivity contribution < 1.29 is 9.47 Å². The first kappa shape index (κ1) is 13.1. The van der Waals surface area contributed by atoms with E-state index in [-0.39, 0.29) is 0 Å². The molecule has 1 heterocycles. The van der Waals surface area contributed by atoms with Crippen molar-refractivity contribution in [3.63, 3.8) is 0 Å². The molecule has 0 aliphatic heterocycles. The number of methoxy groups -OCH3 is 2. The Balaban J connectivity index is 2.37. The van der Waals surface area contributed by atoms with Gasteiger partial charge in [0.25, 0.3) is 0 Å². The van der Waals surface area contributed by atoms with Crippen LogP contribution in [0.5, 0.6) is 11.5 Å². The van der Waals surface area contributed by atoms with Gasteiger partial charge in [0.2, 0.25) is 0 Å². The lowest BCUT2D eigenvalue weighted by atomic mass is 10.2. The van der Waals surface area contributed by atoms with Crippen molar-refractivity contribution >= 4 is 17.1 Å². The van der Waals surface area contributed by atoms with Crippen LogP contribution in [0, 0.1) is 6.92 Å². The Morgan fingerprint density at radius 3 is 2.32 bits per heavy atom. The van der Waals surface area contributed by atoms with Gasteiger partial charge >= 0.3 is 0 Å². The van der Waals surface area contributed by atoms with Gasteiger partial charge in [-0.1, -0.05) is 0 Å².